The molecule has 0 aromatic heterocycles. The largest absolute Gasteiger partial charge is 0.350 e. The molecule has 0 fully saturated rings. The Morgan fingerprint density at radius 1 is 0.857 bits per heavy atom. The molecule has 3 aromatic carbocycles. The molecule has 2 aliphatic rings. The van der Waals surface area contributed by atoms with Gasteiger partial charge >= 0.3 is 0 Å². The summed E-state index contributed by atoms with van der Waals surface area (Å²) in [5, 5.41) is 3.42. The molecule has 5 heteroatoms. The van der Waals surface area contributed by atoms with Gasteiger partial charge in [-0.25, -0.2) is 0 Å². The molecular formula is C23H19N3O2. The number of hydrogen-bond donors (Lipinski definition) is 1. The van der Waals surface area contributed by atoms with Crippen LogP contribution in [0.15, 0.2) is 78.9 Å². The maximum absolute atomic E-state index is 13.6. The Balaban J connectivity index is 1.74. The number of hydrogen-bond acceptors (Lipinski definition) is 3. The minimum absolute atomic E-state index is 0.156. The zero-order valence-corrected chi connectivity index (χ0v) is 15.4. The molecular weight excluding hydrogens is 350 g/mol. The number of para-hydroxylation sites is 2. The van der Waals surface area contributed by atoms with Crippen molar-refractivity contribution >= 4 is 23.2 Å². The Morgan fingerprint density at radius 2 is 1.54 bits per heavy atom. The van der Waals surface area contributed by atoms with E-state index in [1.807, 2.05) is 72.8 Å². The minimum atomic E-state index is -1.26. The number of carbonyl (C=O) groups is 2. The van der Waals surface area contributed by atoms with Crippen LogP contribution in [0.4, 0.5) is 11.4 Å². The van der Waals surface area contributed by atoms with E-state index in [1.165, 1.54) is 0 Å². The highest BCUT2D eigenvalue weighted by Gasteiger charge is 2.58. The van der Waals surface area contributed by atoms with Crippen molar-refractivity contribution in [1.29, 1.82) is 0 Å². The second-order valence-electron chi connectivity index (χ2n) is 7.14. The van der Waals surface area contributed by atoms with E-state index < -0.39 is 5.66 Å². The fourth-order valence-electron chi connectivity index (χ4n) is 4.22. The summed E-state index contributed by atoms with van der Waals surface area (Å²) in [5.74, 6) is -0.316. The van der Waals surface area contributed by atoms with Crippen LogP contribution in [0.5, 0.6) is 0 Å². The summed E-state index contributed by atoms with van der Waals surface area (Å²) in [6, 6.07) is 24.8. The van der Waals surface area contributed by atoms with Gasteiger partial charge in [0.05, 0.1) is 11.3 Å². The molecule has 2 amide bonds. The monoisotopic (exact) mass is 369 g/mol. The summed E-state index contributed by atoms with van der Waals surface area (Å²) in [7, 11) is 1.75. The second kappa shape index (κ2) is 5.96. The molecule has 28 heavy (non-hydrogen) atoms. The molecule has 0 saturated carbocycles. The lowest BCUT2D eigenvalue weighted by Crippen LogP contribution is -2.61. The van der Waals surface area contributed by atoms with Crippen LogP contribution >= 0.6 is 0 Å². The average molecular weight is 369 g/mol. The Hall–Kier alpha value is -3.60. The molecule has 1 unspecified atom stereocenters. The summed E-state index contributed by atoms with van der Waals surface area (Å²) in [4.78, 5) is 30.4. The first kappa shape index (κ1) is 16.6. The SMILES string of the molecule is CN1C(=O)C2(Nc3ccccc3C(=O)N2Cc2ccccc2)c2ccccc21. The summed E-state index contributed by atoms with van der Waals surface area (Å²) in [6.07, 6.45) is 0. The van der Waals surface area contributed by atoms with Crippen molar-refractivity contribution in [2.75, 3.05) is 17.3 Å². The zero-order chi connectivity index (χ0) is 19.3. The Labute approximate surface area is 163 Å². The summed E-state index contributed by atoms with van der Waals surface area (Å²) >= 11 is 0. The smallest absolute Gasteiger partial charge is 0.278 e. The van der Waals surface area contributed by atoms with E-state index in [4.69, 9.17) is 0 Å². The van der Waals surface area contributed by atoms with Gasteiger partial charge in [0.1, 0.15) is 0 Å². The summed E-state index contributed by atoms with van der Waals surface area (Å²) < 4.78 is 0. The van der Waals surface area contributed by atoms with Gasteiger partial charge in [-0.2, -0.15) is 0 Å². The van der Waals surface area contributed by atoms with Crippen molar-refractivity contribution in [2.45, 2.75) is 12.2 Å². The number of fused-ring (bicyclic) bond motifs is 3. The van der Waals surface area contributed by atoms with Crippen LogP contribution in [0.2, 0.25) is 0 Å². The van der Waals surface area contributed by atoms with E-state index >= 15 is 0 Å². The molecule has 1 spiro atoms. The maximum atomic E-state index is 13.6. The highest BCUT2D eigenvalue weighted by Crippen LogP contribution is 2.47. The number of amides is 2. The lowest BCUT2D eigenvalue weighted by atomic mass is 9.92. The number of benzene rings is 3. The average Bonchev–Trinajstić information content (AvgIpc) is 2.95. The number of anilines is 2. The van der Waals surface area contributed by atoms with Crippen LogP contribution in [0.3, 0.4) is 0 Å². The first-order chi connectivity index (χ1) is 13.6. The molecule has 138 valence electrons. The van der Waals surface area contributed by atoms with Crippen LogP contribution in [0.25, 0.3) is 0 Å². The molecule has 0 bridgehead atoms. The molecule has 0 radical (unpaired) electrons. The summed E-state index contributed by atoms with van der Waals surface area (Å²) in [5.41, 5.74) is 2.56. The number of nitrogens with zero attached hydrogens (tertiary/aromatic N) is 2. The van der Waals surface area contributed by atoms with Crippen LogP contribution in [-0.4, -0.2) is 23.8 Å². The number of nitrogens with one attached hydrogen (secondary N) is 1. The van der Waals surface area contributed by atoms with Gasteiger partial charge in [0.15, 0.2) is 0 Å². The molecule has 3 aromatic rings. The van der Waals surface area contributed by atoms with E-state index in [1.54, 1.807) is 22.9 Å². The third kappa shape index (κ3) is 2.13. The highest BCUT2D eigenvalue weighted by atomic mass is 16.2. The highest BCUT2D eigenvalue weighted by molar-refractivity contribution is 6.15. The van der Waals surface area contributed by atoms with E-state index in [9.17, 15) is 9.59 Å². The maximum Gasteiger partial charge on any atom is 0.278 e. The van der Waals surface area contributed by atoms with Gasteiger partial charge in [0.25, 0.3) is 11.8 Å². The van der Waals surface area contributed by atoms with E-state index in [2.05, 4.69) is 5.32 Å². The van der Waals surface area contributed by atoms with Crippen LogP contribution in [-0.2, 0) is 17.0 Å². The zero-order valence-electron chi connectivity index (χ0n) is 15.4. The molecule has 5 nitrogen and oxygen atoms in total. The van der Waals surface area contributed by atoms with E-state index in [-0.39, 0.29) is 11.8 Å². The first-order valence-corrected chi connectivity index (χ1v) is 9.24. The lowest BCUT2D eigenvalue weighted by Gasteiger charge is -2.45. The third-order valence-corrected chi connectivity index (χ3v) is 5.58. The molecule has 1 atom stereocenters. The second-order valence-corrected chi connectivity index (χ2v) is 7.14. The van der Waals surface area contributed by atoms with Crippen molar-refractivity contribution in [3.05, 3.63) is 95.6 Å². The van der Waals surface area contributed by atoms with Crippen molar-refractivity contribution in [2.24, 2.45) is 0 Å². The van der Waals surface area contributed by atoms with Crippen molar-refractivity contribution < 1.29 is 9.59 Å². The van der Waals surface area contributed by atoms with Crippen molar-refractivity contribution in [1.82, 2.24) is 4.90 Å². The van der Waals surface area contributed by atoms with Crippen LogP contribution in [0.1, 0.15) is 21.5 Å². The standard InChI is InChI=1S/C23H19N3O2/c1-25-20-14-8-6-12-18(20)23(22(25)28)24-19-13-7-5-11-17(19)21(27)26(23)15-16-9-3-2-4-10-16/h2-14,24H,15H2,1H3. The van der Waals surface area contributed by atoms with Gasteiger partial charge in [-0.1, -0.05) is 60.7 Å². The van der Waals surface area contributed by atoms with Gasteiger partial charge in [0, 0.05) is 24.8 Å². The minimum Gasteiger partial charge on any atom is -0.350 e. The third-order valence-electron chi connectivity index (χ3n) is 5.58. The van der Waals surface area contributed by atoms with E-state index in [0.29, 0.717) is 17.8 Å². The normalized spacial score (nSPS) is 20.2. The first-order valence-electron chi connectivity index (χ1n) is 9.24. The number of carbonyl (C=O) groups excluding carboxylic acids is 2. The van der Waals surface area contributed by atoms with Gasteiger partial charge < -0.3 is 10.2 Å². The fraction of sp³-hybridized carbons (Fsp3) is 0.130. The van der Waals surface area contributed by atoms with Crippen molar-refractivity contribution in [3.8, 4) is 0 Å². The van der Waals surface area contributed by atoms with Gasteiger partial charge in [0.2, 0.25) is 5.66 Å². The molecule has 2 aliphatic heterocycles. The van der Waals surface area contributed by atoms with Gasteiger partial charge in [-0.15, -0.1) is 0 Å². The number of likely N-dealkylation sites (N-methyl/N-ethyl adjacent to an activating group) is 1. The van der Waals surface area contributed by atoms with Gasteiger partial charge in [-0.05, 0) is 23.8 Å². The van der Waals surface area contributed by atoms with Crippen molar-refractivity contribution in [3.63, 3.8) is 0 Å². The predicted octanol–water partition coefficient (Wildman–Crippen LogP) is 3.58. The fourth-order valence-corrected chi connectivity index (χ4v) is 4.22. The summed E-state index contributed by atoms with van der Waals surface area (Å²) in [6.45, 7) is 0.328. The van der Waals surface area contributed by atoms with Crippen LogP contribution < -0.4 is 10.2 Å². The number of rotatable bonds is 2. The Morgan fingerprint density at radius 3 is 2.36 bits per heavy atom. The van der Waals surface area contributed by atoms with E-state index in [0.717, 1.165) is 16.8 Å². The predicted molar refractivity (Wildman–Crippen MR) is 108 cm³/mol. The molecule has 5 rings (SSSR count). The van der Waals surface area contributed by atoms with Gasteiger partial charge in [-0.3, -0.25) is 14.5 Å². The van der Waals surface area contributed by atoms with Crippen LogP contribution in [0, 0.1) is 0 Å². The molecule has 0 saturated heterocycles. The lowest BCUT2D eigenvalue weighted by molar-refractivity contribution is -0.127. The molecule has 0 aliphatic carbocycles. The molecule has 2 heterocycles. The Bertz CT molecular complexity index is 1100. The topological polar surface area (TPSA) is 52.7 Å². The Kier molecular flexibility index (Phi) is 3.52. The quantitative estimate of drug-likeness (QED) is 0.751. The molecule has 1 N–H and O–H groups in total.